The van der Waals surface area contributed by atoms with E-state index in [1.54, 1.807) is 24.3 Å². The highest BCUT2D eigenvalue weighted by Gasteiger charge is 2.49. The van der Waals surface area contributed by atoms with E-state index in [1.165, 1.54) is 22.9 Å². The van der Waals surface area contributed by atoms with Crippen LogP contribution in [0.3, 0.4) is 0 Å². The molecule has 1 saturated heterocycles. The molecule has 0 atom stereocenters. The number of hydrogen-bond donors (Lipinski definition) is 0. The maximum absolute atomic E-state index is 13.4. The predicted molar refractivity (Wildman–Crippen MR) is 121 cm³/mol. The number of Topliss-reactive ketones (excluding diaryl/α,β-unsaturated/α-hetero) is 1. The zero-order valence-electron chi connectivity index (χ0n) is 18.7. The Morgan fingerprint density at radius 2 is 1.41 bits per heavy atom. The predicted octanol–water partition coefficient (Wildman–Crippen LogP) is 4.66. The van der Waals surface area contributed by atoms with Crippen molar-refractivity contribution < 1.29 is 19.2 Å². The van der Waals surface area contributed by atoms with Crippen LogP contribution >= 0.6 is 0 Å². The van der Waals surface area contributed by atoms with Crippen LogP contribution in [0, 0.1) is 5.92 Å². The number of aliphatic imine (C=N–C) groups is 1. The maximum atomic E-state index is 13.4. The van der Waals surface area contributed by atoms with Crippen LogP contribution in [0.4, 0.5) is 10.5 Å². The number of carbonyl (C=O) groups excluding carboxylic acids is 4. The molecular weight excluding hydrogens is 406 g/mol. The maximum Gasteiger partial charge on any atom is 0.333 e. The van der Waals surface area contributed by atoms with E-state index in [9.17, 15) is 19.2 Å². The lowest BCUT2D eigenvalue weighted by Gasteiger charge is -2.44. The number of barbiturate groups is 1. The molecule has 3 aliphatic rings. The lowest BCUT2D eigenvalue weighted by Crippen LogP contribution is -2.65. The molecule has 170 valence electrons. The number of benzene rings is 1. The molecule has 0 unspecified atom stereocenters. The van der Waals surface area contributed by atoms with Crippen LogP contribution in [0.15, 0.2) is 29.3 Å². The van der Waals surface area contributed by atoms with Gasteiger partial charge in [-0.3, -0.25) is 29.2 Å². The zero-order valence-corrected chi connectivity index (χ0v) is 18.7. The zero-order chi connectivity index (χ0) is 22.7. The Kier molecular flexibility index (Phi) is 6.82. The first-order chi connectivity index (χ1) is 15.5. The van der Waals surface area contributed by atoms with Crippen molar-refractivity contribution in [2.24, 2.45) is 10.9 Å². The average molecular weight is 438 g/mol. The quantitative estimate of drug-likeness (QED) is 0.381. The highest BCUT2D eigenvalue weighted by Crippen LogP contribution is 2.32. The minimum atomic E-state index is -1.11. The third-order valence-corrected chi connectivity index (χ3v) is 6.92. The molecule has 4 rings (SSSR count). The van der Waals surface area contributed by atoms with Gasteiger partial charge in [0.1, 0.15) is 0 Å². The summed E-state index contributed by atoms with van der Waals surface area (Å²) in [7, 11) is 0. The van der Waals surface area contributed by atoms with Crippen LogP contribution < -0.4 is 0 Å². The Morgan fingerprint density at radius 3 is 1.91 bits per heavy atom. The van der Waals surface area contributed by atoms with E-state index in [4.69, 9.17) is 0 Å². The second kappa shape index (κ2) is 9.76. The summed E-state index contributed by atoms with van der Waals surface area (Å²) in [5, 5.41) is 0. The van der Waals surface area contributed by atoms with E-state index < -0.39 is 23.8 Å². The number of imide groups is 2. The van der Waals surface area contributed by atoms with E-state index in [0.29, 0.717) is 11.3 Å². The topological polar surface area (TPSA) is 87.1 Å². The number of ketones is 1. The van der Waals surface area contributed by atoms with Gasteiger partial charge in [-0.25, -0.2) is 4.79 Å². The summed E-state index contributed by atoms with van der Waals surface area (Å²) in [6.45, 7) is 1.48. The molecular formula is C25H31N3O4. The molecule has 1 aromatic rings. The third kappa shape index (κ3) is 4.52. The minimum Gasteiger partial charge on any atom is -0.295 e. The molecule has 4 amide bonds. The normalized spacial score (nSPS) is 22.2. The van der Waals surface area contributed by atoms with E-state index >= 15 is 0 Å². The van der Waals surface area contributed by atoms with E-state index in [0.717, 1.165) is 64.2 Å². The highest BCUT2D eigenvalue weighted by molar-refractivity contribution is 6.23. The van der Waals surface area contributed by atoms with Gasteiger partial charge in [0, 0.05) is 23.9 Å². The lowest BCUT2D eigenvalue weighted by molar-refractivity contribution is -0.149. The number of nitrogens with zero attached hydrogens (tertiary/aromatic N) is 3. The van der Waals surface area contributed by atoms with Gasteiger partial charge in [-0.15, -0.1) is 0 Å². The summed E-state index contributed by atoms with van der Waals surface area (Å²) in [6.07, 6.45) is 10.6. The molecule has 1 aliphatic heterocycles. The fourth-order valence-corrected chi connectivity index (χ4v) is 5.15. The first kappa shape index (κ1) is 22.4. The Morgan fingerprint density at radius 1 is 0.875 bits per heavy atom. The van der Waals surface area contributed by atoms with Crippen LogP contribution in [0.1, 0.15) is 81.5 Å². The summed E-state index contributed by atoms with van der Waals surface area (Å²) >= 11 is 0. The summed E-state index contributed by atoms with van der Waals surface area (Å²) in [5.41, 5.74) is 1.02. The van der Waals surface area contributed by atoms with Crippen LogP contribution in [0.25, 0.3) is 0 Å². The molecule has 0 aromatic heterocycles. The molecule has 2 saturated carbocycles. The third-order valence-electron chi connectivity index (χ3n) is 6.92. The molecule has 0 spiro atoms. The van der Waals surface area contributed by atoms with Gasteiger partial charge in [0.05, 0.1) is 5.69 Å². The number of amides is 4. The molecule has 7 nitrogen and oxygen atoms in total. The number of hydrogen-bond acceptors (Lipinski definition) is 5. The molecule has 1 heterocycles. The standard InChI is InChI=1S/C25H31N3O4/c1-17(29)18-9-8-10-19(15-18)26-16-22-23(30)27(20-11-4-2-5-12-20)25(32)28(24(22)31)21-13-6-3-7-14-21/h8-10,15-16,20-22H,2-7,11-14H2,1H3. The Balaban J connectivity index is 1.65. The molecule has 0 N–H and O–H groups in total. The average Bonchev–Trinajstić information content (AvgIpc) is 2.80. The Bertz CT molecular complexity index is 889. The molecule has 0 bridgehead atoms. The number of urea groups is 1. The van der Waals surface area contributed by atoms with Crippen LogP contribution in [-0.4, -0.2) is 51.7 Å². The molecule has 7 heteroatoms. The molecule has 2 aliphatic carbocycles. The Labute approximate surface area is 188 Å². The summed E-state index contributed by atoms with van der Waals surface area (Å²) in [5.74, 6) is -2.13. The fraction of sp³-hybridized carbons (Fsp3) is 0.560. The van der Waals surface area contributed by atoms with E-state index in [2.05, 4.69) is 4.99 Å². The van der Waals surface area contributed by atoms with Crippen LogP contribution in [-0.2, 0) is 9.59 Å². The van der Waals surface area contributed by atoms with Crippen molar-refractivity contribution in [1.29, 1.82) is 0 Å². The van der Waals surface area contributed by atoms with Gasteiger partial charge in [-0.2, -0.15) is 0 Å². The van der Waals surface area contributed by atoms with Crippen molar-refractivity contribution in [2.45, 2.75) is 83.2 Å². The van der Waals surface area contributed by atoms with E-state index in [1.807, 2.05) is 0 Å². The van der Waals surface area contributed by atoms with Gasteiger partial charge in [-0.1, -0.05) is 50.7 Å². The van der Waals surface area contributed by atoms with Gasteiger partial charge in [0.15, 0.2) is 11.7 Å². The van der Waals surface area contributed by atoms with Crippen molar-refractivity contribution in [3.05, 3.63) is 29.8 Å². The second-order valence-electron chi connectivity index (χ2n) is 9.15. The smallest absolute Gasteiger partial charge is 0.295 e. The van der Waals surface area contributed by atoms with Gasteiger partial charge in [0.2, 0.25) is 11.8 Å². The summed E-state index contributed by atoms with van der Waals surface area (Å²) in [4.78, 5) is 58.9. The van der Waals surface area contributed by atoms with Crippen molar-refractivity contribution in [3.63, 3.8) is 0 Å². The first-order valence-electron chi connectivity index (χ1n) is 11.8. The van der Waals surface area contributed by atoms with Crippen LogP contribution in [0.2, 0.25) is 0 Å². The SMILES string of the molecule is CC(=O)c1cccc(N=CC2C(=O)N(C3CCCCC3)C(=O)N(C3CCCCC3)C2=O)c1. The molecule has 1 aromatic carbocycles. The van der Waals surface area contributed by atoms with Crippen molar-refractivity contribution in [2.75, 3.05) is 0 Å². The van der Waals surface area contributed by atoms with Gasteiger partial charge < -0.3 is 0 Å². The monoisotopic (exact) mass is 437 g/mol. The largest absolute Gasteiger partial charge is 0.333 e. The number of rotatable bonds is 5. The van der Waals surface area contributed by atoms with Crippen LogP contribution in [0.5, 0.6) is 0 Å². The van der Waals surface area contributed by atoms with Gasteiger partial charge >= 0.3 is 6.03 Å². The van der Waals surface area contributed by atoms with Crippen molar-refractivity contribution >= 4 is 35.5 Å². The molecule has 3 fully saturated rings. The highest BCUT2D eigenvalue weighted by atomic mass is 16.2. The fourth-order valence-electron chi connectivity index (χ4n) is 5.15. The lowest BCUT2D eigenvalue weighted by atomic mass is 9.90. The second-order valence-corrected chi connectivity index (χ2v) is 9.15. The van der Waals surface area contributed by atoms with Crippen molar-refractivity contribution in [1.82, 2.24) is 9.80 Å². The molecule has 0 radical (unpaired) electrons. The van der Waals surface area contributed by atoms with Gasteiger partial charge in [-0.05, 0) is 44.7 Å². The summed E-state index contributed by atoms with van der Waals surface area (Å²) < 4.78 is 0. The first-order valence-corrected chi connectivity index (χ1v) is 11.8. The number of carbonyl (C=O) groups is 4. The van der Waals surface area contributed by atoms with E-state index in [-0.39, 0.29) is 17.9 Å². The minimum absolute atomic E-state index is 0.0792. The summed E-state index contributed by atoms with van der Waals surface area (Å²) in [6, 6.07) is 6.04. The van der Waals surface area contributed by atoms with Crippen molar-refractivity contribution in [3.8, 4) is 0 Å². The molecule has 32 heavy (non-hydrogen) atoms. The van der Waals surface area contributed by atoms with Gasteiger partial charge in [0.25, 0.3) is 0 Å². The Hall–Kier alpha value is -2.83.